The Morgan fingerprint density at radius 2 is 1.59 bits per heavy atom. The number of rotatable bonds is 8. The summed E-state index contributed by atoms with van der Waals surface area (Å²) in [6.45, 7) is 5.10. The van der Waals surface area contributed by atoms with Crippen LogP contribution in [0.5, 0.6) is 0 Å². The van der Waals surface area contributed by atoms with Crippen LogP contribution in [0.25, 0.3) is 0 Å². The van der Waals surface area contributed by atoms with Crippen LogP contribution in [-0.2, 0) is 9.59 Å². The van der Waals surface area contributed by atoms with Crippen LogP contribution in [0.2, 0.25) is 0 Å². The summed E-state index contributed by atoms with van der Waals surface area (Å²) in [7, 11) is 0. The van der Waals surface area contributed by atoms with Gasteiger partial charge in [0, 0.05) is 0 Å². The number of hydrogen-bond donors (Lipinski definition) is 2. The van der Waals surface area contributed by atoms with Crippen molar-refractivity contribution in [3.05, 3.63) is 0 Å². The van der Waals surface area contributed by atoms with Crippen LogP contribution in [0, 0.1) is 11.3 Å². The van der Waals surface area contributed by atoms with Gasteiger partial charge in [-0.1, -0.05) is 39.5 Å². The van der Waals surface area contributed by atoms with Crippen molar-refractivity contribution in [3.8, 4) is 0 Å². The summed E-state index contributed by atoms with van der Waals surface area (Å²) in [4.78, 5) is 22.0. The SMILES string of the molecule is CCCCCCC(C)C(C)(C(=O)O)C(=O)O.[BaH2]. The van der Waals surface area contributed by atoms with E-state index in [-0.39, 0.29) is 54.8 Å². The van der Waals surface area contributed by atoms with E-state index in [1.54, 1.807) is 6.92 Å². The molecule has 98 valence electrons. The molecule has 1 unspecified atom stereocenters. The van der Waals surface area contributed by atoms with Gasteiger partial charge in [0.2, 0.25) is 0 Å². The van der Waals surface area contributed by atoms with Crippen LogP contribution in [0.1, 0.15) is 52.9 Å². The van der Waals surface area contributed by atoms with E-state index in [0.717, 1.165) is 25.7 Å². The van der Waals surface area contributed by atoms with Gasteiger partial charge in [-0.3, -0.25) is 9.59 Å². The van der Waals surface area contributed by atoms with Gasteiger partial charge in [0.05, 0.1) is 0 Å². The molecule has 0 aliphatic heterocycles. The second-order valence-electron chi connectivity index (χ2n) is 4.56. The third-order valence-corrected chi connectivity index (χ3v) is 3.36. The summed E-state index contributed by atoms with van der Waals surface area (Å²) in [6.07, 6.45) is 4.81. The van der Waals surface area contributed by atoms with Gasteiger partial charge in [0.15, 0.2) is 5.41 Å². The quantitative estimate of drug-likeness (QED) is 0.389. The normalized spacial score (nSPS) is 12.6. The van der Waals surface area contributed by atoms with Crippen LogP contribution in [0.3, 0.4) is 0 Å². The first-order valence-electron chi connectivity index (χ1n) is 5.84. The van der Waals surface area contributed by atoms with Crippen molar-refractivity contribution >= 4 is 60.8 Å². The summed E-state index contributed by atoms with van der Waals surface area (Å²) >= 11 is 0. The summed E-state index contributed by atoms with van der Waals surface area (Å²) in [5, 5.41) is 18.0. The molecule has 0 spiro atoms. The van der Waals surface area contributed by atoms with Crippen molar-refractivity contribution in [2.75, 3.05) is 0 Å². The Bertz CT molecular complexity index is 239. The topological polar surface area (TPSA) is 74.6 Å². The zero-order valence-corrected chi connectivity index (χ0v) is 10.3. The third kappa shape index (κ3) is 5.79. The summed E-state index contributed by atoms with van der Waals surface area (Å²) in [5.41, 5.74) is -1.66. The fourth-order valence-electron chi connectivity index (χ4n) is 1.68. The summed E-state index contributed by atoms with van der Waals surface area (Å²) < 4.78 is 0. The van der Waals surface area contributed by atoms with E-state index >= 15 is 0 Å². The fraction of sp³-hybridized carbons (Fsp3) is 0.833. The molecule has 0 fully saturated rings. The molecule has 0 aromatic heterocycles. The zero-order chi connectivity index (χ0) is 12.8. The number of unbranched alkanes of at least 4 members (excludes halogenated alkanes) is 3. The zero-order valence-electron chi connectivity index (χ0n) is 10.3. The van der Waals surface area contributed by atoms with Gasteiger partial charge in [-0.25, -0.2) is 0 Å². The first kappa shape index (κ1) is 19.8. The second-order valence-corrected chi connectivity index (χ2v) is 4.56. The van der Waals surface area contributed by atoms with Crippen molar-refractivity contribution in [3.63, 3.8) is 0 Å². The van der Waals surface area contributed by atoms with Gasteiger partial charge >= 0.3 is 60.8 Å². The number of aliphatic carboxylic acids is 2. The van der Waals surface area contributed by atoms with E-state index in [4.69, 9.17) is 10.2 Å². The van der Waals surface area contributed by atoms with Crippen molar-refractivity contribution < 1.29 is 19.8 Å². The molecule has 5 heteroatoms. The standard InChI is InChI=1S/C12H22O4.Ba.2H/c1-4-5-6-7-8-9(2)12(3,10(13)14)11(15)16;;;/h9H,4-8H2,1-3H3,(H,13,14)(H,15,16);;;. The molecular weight excluding hydrogens is 345 g/mol. The van der Waals surface area contributed by atoms with Gasteiger partial charge in [-0.15, -0.1) is 0 Å². The molecule has 0 saturated carbocycles. The first-order chi connectivity index (χ1) is 7.37. The number of carbonyl (C=O) groups is 2. The van der Waals surface area contributed by atoms with E-state index in [2.05, 4.69) is 6.92 Å². The Morgan fingerprint density at radius 1 is 1.12 bits per heavy atom. The molecule has 0 heterocycles. The van der Waals surface area contributed by atoms with Crippen molar-refractivity contribution in [1.29, 1.82) is 0 Å². The first-order valence-corrected chi connectivity index (χ1v) is 5.84. The van der Waals surface area contributed by atoms with Crippen LogP contribution in [0.4, 0.5) is 0 Å². The molecule has 17 heavy (non-hydrogen) atoms. The van der Waals surface area contributed by atoms with Crippen molar-refractivity contribution in [2.24, 2.45) is 11.3 Å². The Hall–Kier alpha value is 0.511. The fourth-order valence-corrected chi connectivity index (χ4v) is 1.68. The summed E-state index contributed by atoms with van der Waals surface area (Å²) in [6, 6.07) is 0. The van der Waals surface area contributed by atoms with E-state index in [9.17, 15) is 9.59 Å². The molecule has 0 saturated heterocycles. The van der Waals surface area contributed by atoms with Gasteiger partial charge < -0.3 is 10.2 Å². The third-order valence-electron chi connectivity index (χ3n) is 3.36. The van der Waals surface area contributed by atoms with E-state index in [1.165, 1.54) is 6.92 Å². The van der Waals surface area contributed by atoms with Gasteiger partial charge in [-0.05, 0) is 19.3 Å². The molecule has 0 aromatic rings. The predicted molar refractivity (Wildman–Crippen MR) is 69.8 cm³/mol. The maximum atomic E-state index is 11.0. The average molecular weight is 370 g/mol. The number of carboxylic acids is 2. The molecule has 0 rings (SSSR count). The minimum atomic E-state index is -1.66. The Morgan fingerprint density at radius 3 is 1.94 bits per heavy atom. The number of hydrogen-bond acceptors (Lipinski definition) is 2. The molecule has 0 aliphatic rings. The molecule has 0 aliphatic carbocycles. The summed E-state index contributed by atoms with van der Waals surface area (Å²) in [5.74, 6) is -2.84. The predicted octanol–water partition coefficient (Wildman–Crippen LogP) is 1.85. The molecule has 4 nitrogen and oxygen atoms in total. The minimum absolute atomic E-state index is 0. The molecule has 0 bridgehead atoms. The van der Waals surface area contributed by atoms with Crippen LogP contribution in [-0.4, -0.2) is 71.0 Å². The Balaban J connectivity index is 0. The van der Waals surface area contributed by atoms with Gasteiger partial charge in [0.25, 0.3) is 0 Å². The second kappa shape index (κ2) is 9.44. The van der Waals surface area contributed by atoms with Crippen LogP contribution < -0.4 is 0 Å². The molecule has 0 amide bonds. The average Bonchev–Trinajstić information content (AvgIpc) is 2.22. The van der Waals surface area contributed by atoms with Crippen molar-refractivity contribution in [1.82, 2.24) is 0 Å². The van der Waals surface area contributed by atoms with Crippen LogP contribution >= 0.6 is 0 Å². The Kier molecular flexibility index (Phi) is 11.0. The van der Waals surface area contributed by atoms with E-state index < -0.39 is 17.4 Å². The maximum absolute atomic E-state index is 11.0. The van der Waals surface area contributed by atoms with Crippen LogP contribution in [0.15, 0.2) is 0 Å². The van der Waals surface area contributed by atoms with Crippen molar-refractivity contribution in [2.45, 2.75) is 52.9 Å². The molecule has 2 N–H and O–H groups in total. The van der Waals surface area contributed by atoms with Gasteiger partial charge in [-0.2, -0.15) is 0 Å². The number of carboxylic acid groups (broad SMARTS) is 2. The monoisotopic (exact) mass is 370 g/mol. The molecule has 1 atom stereocenters. The molecule has 0 radical (unpaired) electrons. The van der Waals surface area contributed by atoms with Gasteiger partial charge in [0.1, 0.15) is 0 Å². The van der Waals surface area contributed by atoms with E-state index in [0.29, 0.717) is 6.42 Å². The molecular formula is C12H24BaO4. The Labute approximate surface area is 143 Å². The van der Waals surface area contributed by atoms with E-state index in [1.807, 2.05) is 0 Å². The molecule has 0 aromatic carbocycles.